The van der Waals surface area contributed by atoms with Crippen LogP contribution in [0.3, 0.4) is 0 Å². The van der Waals surface area contributed by atoms with Crippen molar-refractivity contribution in [1.82, 2.24) is 4.90 Å². The molecule has 3 aliphatic rings. The summed E-state index contributed by atoms with van der Waals surface area (Å²) in [4.78, 5) is 42.0. The van der Waals surface area contributed by atoms with Gasteiger partial charge >= 0.3 is 0 Å². The number of nitrogens with zero attached hydrogens (tertiary/aromatic N) is 1. The van der Waals surface area contributed by atoms with Gasteiger partial charge in [0.05, 0.1) is 34.9 Å². The molecule has 1 aromatic carbocycles. The molecule has 0 bridgehead atoms. The van der Waals surface area contributed by atoms with Crippen molar-refractivity contribution in [3.05, 3.63) is 58.2 Å². The van der Waals surface area contributed by atoms with Crippen LogP contribution in [0.15, 0.2) is 47.1 Å². The number of aromatic hydroxyl groups is 1. The van der Waals surface area contributed by atoms with Gasteiger partial charge in [-0.25, -0.2) is 0 Å². The summed E-state index contributed by atoms with van der Waals surface area (Å²) in [6.07, 6.45) is 11.3. The fourth-order valence-electron chi connectivity index (χ4n) is 7.96. The van der Waals surface area contributed by atoms with E-state index >= 15 is 0 Å². The summed E-state index contributed by atoms with van der Waals surface area (Å²) in [6, 6.07) is 1.91. The molecule has 8 N–H and O–H groups in total. The number of ketones is 2. The zero-order valence-electron chi connectivity index (χ0n) is 28.7. The zero-order chi connectivity index (χ0) is 35.5. The fourth-order valence-corrected chi connectivity index (χ4v) is 7.96. The standard InChI is InChI=1S/C37H53N3O8/c1-6-7-8-9-10-11-12-13-14-15-16-17-24(41)39-23-19-18-22-20(2)25-28(32(43)27(22)31(23)42)36(47)37(48)29(33(25)44)30(40(4)5)34(45)26(21(3)38)35(37)46/h18-20,25,29-30,33,42,44-45,47-48H,3,6-17,38H2,1-2,4-5H3,(H,39,41)/t20-,25?,29?,30-,33-,37+/m0/s1. The fraction of sp³-hybridized carbons (Fsp3) is 0.595. The van der Waals surface area contributed by atoms with Gasteiger partial charge in [0, 0.05) is 23.6 Å². The molecular weight excluding hydrogens is 614 g/mol. The van der Waals surface area contributed by atoms with E-state index < -0.39 is 75.5 Å². The molecule has 0 spiro atoms. The SMILES string of the molecule is C=C(N)C1=C(O)[C@@H](N(C)C)C2[C@@H](O)C3C(=C(O)[C@]2(O)C1=O)C(=O)c1c(ccc(NC(=O)CCCCCCCCCCCCC)c1O)[C@@H]3C. The average Bonchev–Trinajstić information content (AvgIpc) is 3.02. The molecule has 11 heteroatoms. The molecule has 4 rings (SSSR count). The number of Topliss-reactive ketones (excluding diaryl/α,β-unsaturated/α-hetero) is 2. The minimum atomic E-state index is -2.83. The summed E-state index contributed by atoms with van der Waals surface area (Å²) in [7, 11) is 3.12. The number of benzene rings is 1. The molecule has 0 saturated heterocycles. The van der Waals surface area contributed by atoms with Crippen LogP contribution in [-0.4, -0.2) is 79.7 Å². The molecule has 0 aromatic heterocycles. The van der Waals surface area contributed by atoms with Gasteiger partial charge in [0.1, 0.15) is 11.5 Å². The second-order valence-corrected chi connectivity index (χ2v) is 14.0. The number of nitrogens with two attached hydrogens (primary N) is 1. The molecule has 0 saturated carbocycles. The molecule has 1 aromatic rings. The maximum atomic E-state index is 14.1. The van der Waals surface area contributed by atoms with Crippen LogP contribution >= 0.6 is 0 Å². The number of allylic oxidation sites excluding steroid dienone is 1. The van der Waals surface area contributed by atoms with Crippen LogP contribution < -0.4 is 11.1 Å². The summed E-state index contributed by atoms with van der Waals surface area (Å²) < 4.78 is 0. The van der Waals surface area contributed by atoms with Crippen molar-refractivity contribution in [3.8, 4) is 5.75 Å². The lowest BCUT2D eigenvalue weighted by molar-refractivity contribution is -0.161. The van der Waals surface area contributed by atoms with Gasteiger partial charge in [0.25, 0.3) is 0 Å². The number of carbonyl (C=O) groups is 3. The molecule has 264 valence electrons. The van der Waals surface area contributed by atoms with Gasteiger partial charge in [-0.1, -0.05) is 90.7 Å². The number of aliphatic hydroxyl groups is 4. The smallest absolute Gasteiger partial charge is 0.224 e. The lowest BCUT2D eigenvalue weighted by atomic mass is 9.55. The van der Waals surface area contributed by atoms with Crippen molar-refractivity contribution in [2.45, 2.75) is 115 Å². The minimum absolute atomic E-state index is 0.0184. The van der Waals surface area contributed by atoms with Crippen LogP contribution in [0.5, 0.6) is 5.75 Å². The quantitative estimate of drug-likeness (QED) is 0.0956. The Morgan fingerprint density at radius 1 is 0.979 bits per heavy atom. The van der Waals surface area contributed by atoms with Crippen molar-refractivity contribution in [3.63, 3.8) is 0 Å². The normalized spacial score (nSPS) is 26.8. The van der Waals surface area contributed by atoms with Gasteiger partial charge in [0.15, 0.2) is 17.1 Å². The number of likely N-dealkylation sites (N-methyl/N-ethyl adjacent to an activating group) is 1. The van der Waals surface area contributed by atoms with E-state index in [0.717, 1.165) is 19.3 Å². The number of nitrogens with one attached hydrogen (secondary N) is 1. The number of unbranched alkanes of at least 4 members (excludes halogenated alkanes) is 10. The second-order valence-electron chi connectivity index (χ2n) is 14.0. The molecule has 2 unspecified atom stereocenters. The Morgan fingerprint density at radius 3 is 2.08 bits per heavy atom. The largest absolute Gasteiger partial charge is 0.510 e. The van der Waals surface area contributed by atoms with Gasteiger partial charge in [0.2, 0.25) is 11.7 Å². The number of aliphatic hydroxyl groups excluding tert-OH is 3. The molecule has 3 aliphatic carbocycles. The number of phenols is 1. The van der Waals surface area contributed by atoms with E-state index in [1.807, 2.05) is 0 Å². The number of carbonyl (C=O) groups excluding carboxylic acids is 3. The van der Waals surface area contributed by atoms with Crippen LogP contribution in [0.25, 0.3) is 0 Å². The summed E-state index contributed by atoms with van der Waals surface area (Å²) in [5.41, 5.74) is 1.89. The van der Waals surface area contributed by atoms with E-state index in [0.29, 0.717) is 12.0 Å². The minimum Gasteiger partial charge on any atom is -0.510 e. The van der Waals surface area contributed by atoms with E-state index in [2.05, 4.69) is 18.8 Å². The highest BCUT2D eigenvalue weighted by Gasteiger charge is 2.66. The number of hydrogen-bond acceptors (Lipinski definition) is 10. The Labute approximate surface area is 283 Å². The first-order chi connectivity index (χ1) is 22.7. The number of amides is 1. The molecule has 0 heterocycles. The number of phenolic OH excluding ortho intramolecular Hbond substituents is 1. The molecule has 0 fully saturated rings. The van der Waals surface area contributed by atoms with Crippen LogP contribution in [-0.2, 0) is 9.59 Å². The summed E-state index contributed by atoms with van der Waals surface area (Å²) in [5.74, 6) is -7.65. The van der Waals surface area contributed by atoms with Crippen molar-refractivity contribution >= 4 is 23.2 Å². The Hall–Kier alpha value is -3.67. The third-order valence-corrected chi connectivity index (χ3v) is 10.5. The van der Waals surface area contributed by atoms with E-state index in [9.17, 15) is 39.9 Å². The van der Waals surface area contributed by atoms with Crippen molar-refractivity contribution in [2.75, 3.05) is 19.4 Å². The van der Waals surface area contributed by atoms with E-state index in [1.165, 1.54) is 55.9 Å². The lowest BCUT2D eigenvalue weighted by Gasteiger charge is -2.53. The Kier molecular flexibility index (Phi) is 11.8. The molecule has 48 heavy (non-hydrogen) atoms. The van der Waals surface area contributed by atoms with Gasteiger partial charge < -0.3 is 36.6 Å². The Balaban J connectivity index is 1.53. The maximum absolute atomic E-state index is 14.1. The summed E-state index contributed by atoms with van der Waals surface area (Å²) in [5, 5.41) is 60.4. The van der Waals surface area contributed by atoms with Crippen molar-refractivity contribution in [1.29, 1.82) is 0 Å². The maximum Gasteiger partial charge on any atom is 0.224 e. The molecule has 0 aliphatic heterocycles. The summed E-state index contributed by atoms with van der Waals surface area (Å²) >= 11 is 0. The first-order valence-electron chi connectivity index (χ1n) is 17.3. The molecule has 6 atom stereocenters. The molecule has 11 nitrogen and oxygen atoms in total. The highest BCUT2D eigenvalue weighted by Crippen LogP contribution is 2.56. The predicted molar refractivity (Wildman–Crippen MR) is 184 cm³/mol. The van der Waals surface area contributed by atoms with Crippen LogP contribution in [0.2, 0.25) is 0 Å². The molecule has 0 radical (unpaired) electrons. The zero-order valence-corrected chi connectivity index (χ0v) is 28.7. The number of rotatable bonds is 15. The third-order valence-electron chi connectivity index (χ3n) is 10.5. The summed E-state index contributed by atoms with van der Waals surface area (Å²) in [6.45, 7) is 7.44. The molecular formula is C37H53N3O8. The van der Waals surface area contributed by atoms with Gasteiger partial charge in [-0.05, 0) is 38.1 Å². The monoisotopic (exact) mass is 667 g/mol. The van der Waals surface area contributed by atoms with Crippen LogP contribution in [0, 0.1) is 11.8 Å². The van der Waals surface area contributed by atoms with E-state index in [4.69, 9.17) is 5.73 Å². The average molecular weight is 668 g/mol. The van der Waals surface area contributed by atoms with Crippen LogP contribution in [0.1, 0.15) is 113 Å². The van der Waals surface area contributed by atoms with E-state index in [-0.39, 0.29) is 29.3 Å². The predicted octanol–water partition coefficient (Wildman–Crippen LogP) is 5.28. The van der Waals surface area contributed by atoms with Crippen LogP contribution in [0.4, 0.5) is 5.69 Å². The number of hydrogen-bond donors (Lipinski definition) is 7. The van der Waals surface area contributed by atoms with Crippen molar-refractivity contribution in [2.24, 2.45) is 17.6 Å². The second kappa shape index (κ2) is 15.3. The van der Waals surface area contributed by atoms with Gasteiger partial charge in [-0.15, -0.1) is 0 Å². The van der Waals surface area contributed by atoms with E-state index in [1.54, 1.807) is 27.1 Å². The van der Waals surface area contributed by atoms with Gasteiger partial charge in [-0.3, -0.25) is 19.3 Å². The number of anilines is 1. The highest BCUT2D eigenvalue weighted by atomic mass is 16.4. The third kappa shape index (κ3) is 6.64. The van der Waals surface area contributed by atoms with Gasteiger partial charge in [-0.2, -0.15) is 0 Å². The molecule has 1 amide bonds. The highest BCUT2D eigenvalue weighted by molar-refractivity contribution is 6.17. The first kappa shape index (κ1) is 37.2. The lowest BCUT2D eigenvalue weighted by Crippen LogP contribution is -2.68. The Morgan fingerprint density at radius 2 is 1.54 bits per heavy atom. The number of fused-ring (bicyclic) bond motifs is 3. The van der Waals surface area contributed by atoms with Crippen molar-refractivity contribution < 1.29 is 39.9 Å². The first-order valence-corrected chi connectivity index (χ1v) is 17.3. The Bertz CT molecular complexity index is 1500. The topological polar surface area (TPSA) is 194 Å².